The Morgan fingerprint density at radius 3 is 2.48 bits per heavy atom. The molecule has 3 rings (SSSR count). The zero-order chi connectivity index (χ0) is 14.8. The third-order valence-electron chi connectivity index (χ3n) is 3.68. The molecule has 0 spiro atoms. The van der Waals surface area contributed by atoms with Crippen LogP contribution in [-0.2, 0) is 13.6 Å². The monoisotopic (exact) mass is 281 g/mol. The van der Waals surface area contributed by atoms with Gasteiger partial charge in [0.25, 0.3) is 0 Å². The fourth-order valence-electron chi connectivity index (χ4n) is 2.41. The third-order valence-corrected chi connectivity index (χ3v) is 3.68. The third kappa shape index (κ3) is 2.67. The van der Waals surface area contributed by atoms with Crippen LogP contribution in [0.3, 0.4) is 0 Å². The highest BCUT2D eigenvalue weighted by Gasteiger charge is 2.08. The summed E-state index contributed by atoms with van der Waals surface area (Å²) in [5.41, 5.74) is 5.60. The summed E-state index contributed by atoms with van der Waals surface area (Å²) in [4.78, 5) is 0. The Balaban J connectivity index is 1.71. The van der Waals surface area contributed by atoms with Crippen LogP contribution in [0, 0.1) is 13.8 Å². The number of rotatable bonds is 4. The van der Waals surface area contributed by atoms with Crippen LogP contribution in [-0.4, -0.2) is 19.6 Å². The van der Waals surface area contributed by atoms with E-state index in [1.54, 1.807) is 6.20 Å². The molecule has 2 heterocycles. The molecule has 0 atom stereocenters. The van der Waals surface area contributed by atoms with Gasteiger partial charge in [0, 0.05) is 26.0 Å². The molecule has 0 fully saturated rings. The van der Waals surface area contributed by atoms with Crippen LogP contribution in [0.2, 0.25) is 0 Å². The van der Waals surface area contributed by atoms with Gasteiger partial charge in [-0.25, -0.2) is 4.68 Å². The summed E-state index contributed by atoms with van der Waals surface area (Å²) < 4.78 is 3.76. The molecule has 0 amide bonds. The molecule has 108 valence electrons. The first-order valence-electron chi connectivity index (χ1n) is 6.98. The van der Waals surface area contributed by atoms with E-state index in [1.807, 2.05) is 35.6 Å². The van der Waals surface area contributed by atoms with Crippen molar-refractivity contribution in [3.8, 4) is 5.69 Å². The van der Waals surface area contributed by atoms with Gasteiger partial charge >= 0.3 is 0 Å². The summed E-state index contributed by atoms with van der Waals surface area (Å²) in [6, 6.07) is 10.3. The minimum absolute atomic E-state index is 0.784. The van der Waals surface area contributed by atoms with Crippen molar-refractivity contribution in [3.63, 3.8) is 0 Å². The van der Waals surface area contributed by atoms with E-state index in [2.05, 4.69) is 46.7 Å². The van der Waals surface area contributed by atoms with E-state index in [1.165, 1.54) is 5.56 Å². The first kappa shape index (κ1) is 13.4. The van der Waals surface area contributed by atoms with Gasteiger partial charge < -0.3 is 5.32 Å². The van der Waals surface area contributed by atoms with Crippen LogP contribution in [0.4, 0.5) is 5.69 Å². The number of anilines is 1. The number of benzene rings is 1. The van der Waals surface area contributed by atoms with Gasteiger partial charge in [-0.1, -0.05) is 12.1 Å². The Bertz CT molecular complexity index is 723. The lowest BCUT2D eigenvalue weighted by Gasteiger charge is -2.08. The maximum Gasteiger partial charge on any atom is 0.0827 e. The topological polar surface area (TPSA) is 47.7 Å². The lowest BCUT2D eigenvalue weighted by Crippen LogP contribution is -2.02. The van der Waals surface area contributed by atoms with Gasteiger partial charge in [-0.3, -0.25) is 4.68 Å². The molecule has 2 aromatic heterocycles. The molecule has 21 heavy (non-hydrogen) atoms. The number of nitrogens with one attached hydrogen (secondary N) is 1. The Morgan fingerprint density at radius 1 is 1.14 bits per heavy atom. The number of nitrogens with zero attached hydrogens (tertiary/aromatic N) is 4. The highest BCUT2D eigenvalue weighted by Crippen LogP contribution is 2.19. The normalized spacial score (nSPS) is 10.8. The van der Waals surface area contributed by atoms with Crippen LogP contribution in [0.15, 0.2) is 42.7 Å². The van der Waals surface area contributed by atoms with Crippen molar-refractivity contribution in [3.05, 3.63) is 59.7 Å². The van der Waals surface area contributed by atoms with Crippen LogP contribution >= 0.6 is 0 Å². The summed E-state index contributed by atoms with van der Waals surface area (Å²) in [6.07, 6.45) is 3.72. The number of aromatic nitrogens is 4. The quantitative estimate of drug-likeness (QED) is 0.800. The van der Waals surface area contributed by atoms with Gasteiger partial charge in [-0.15, -0.1) is 0 Å². The van der Waals surface area contributed by atoms with Crippen molar-refractivity contribution in [2.45, 2.75) is 20.4 Å². The van der Waals surface area contributed by atoms with Crippen molar-refractivity contribution >= 4 is 5.69 Å². The zero-order valence-electron chi connectivity index (χ0n) is 12.5. The molecule has 0 saturated heterocycles. The van der Waals surface area contributed by atoms with Gasteiger partial charge in [-0.2, -0.15) is 10.2 Å². The molecular formula is C16H19N5. The fraction of sp³-hybridized carbons (Fsp3) is 0.250. The van der Waals surface area contributed by atoms with E-state index < -0.39 is 0 Å². The van der Waals surface area contributed by atoms with Gasteiger partial charge in [-0.05, 0) is 37.6 Å². The lowest BCUT2D eigenvalue weighted by molar-refractivity contribution is 0.731. The van der Waals surface area contributed by atoms with Gasteiger partial charge in [0.2, 0.25) is 0 Å². The average Bonchev–Trinajstić information content (AvgIpc) is 3.09. The maximum atomic E-state index is 4.41. The molecule has 0 aliphatic heterocycles. The molecule has 1 N–H and O–H groups in total. The van der Waals surface area contributed by atoms with E-state index in [0.717, 1.165) is 29.3 Å². The predicted octanol–water partition coefficient (Wildman–Crippen LogP) is 2.83. The molecule has 0 unspecified atom stereocenters. The minimum Gasteiger partial charge on any atom is -0.378 e. The van der Waals surface area contributed by atoms with Crippen molar-refractivity contribution in [2.24, 2.45) is 7.05 Å². The van der Waals surface area contributed by atoms with Crippen molar-refractivity contribution < 1.29 is 0 Å². The molecule has 5 heteroatoms. The fourth-order valence-corrected chi connectivity index (χ4v) is 2.41. The highest BCUT2D eigenvalue weighted by molar-refractivity contribution is 5.52. The van der Waals surface area contributed by atoms with Crippen molar-refractivity contribution in [1.29, 1.82) is 0 Å². The molecular weight excluding hydrogens is 262 g/mol. The Morgan fingerprint density at radius 2 is 1.90 bits per heavy atom. The largest absolute Gasteiger partial charge is 0.378 e. The highest BCUT2D eigenvalue weighted by atomic mass is 15.3. The predicted molar refractivity (Wildman–Crippen MR) is 83.6 cm³/mol. The molecule has 0 aliphatic rings. The molecule has 0 radical (unpaired) electrons. The molecule has 1 aromatic carbocycles. The van der Waals surface area contributed by atoms with E-state index in [4.69, 9.17) is 0 Å². The maximum absolute atomic E-state index is 4.41. The number of hydrogen-bond acceptors (Lipinski definition) is 3. The first-order chi connectivity index (χ1) is 10.1. The molecule has 5 nitrogen and oxygen atoms in total. The summed E-state index contributed by atoms with van der Waals surface area (Å²) in [5, 5.41) is 12.1. The van der Waals surface area contributed by atoms with Gasteiger partial charge in [0.05, 0.1) is 22.8 Å². The second-order valence-corrected chi connectivity index (χ2v) is 5.14. The van der Waals surface area contributed by atoms with Crippen molar-refractivity contribution in [2.75, 3.05) is 5.32 Å². The molecule has 0 bridgehead atoms. The second-order valence-electron chi connectivity index (χ2n) is 5.14. The Kier molecular flexibility index (Phi) is 3.48. The molecule has 0 saturated carbocycles. The van der Waals surface area contributed by atoms with Crippen molar-refractivity contribution in [1.82, 2.24) is 19.6 Å². The van der Waals surface area contributed by atoms with Gasteiger partial charge in [0.15, 0.2) is 0 Å². The van der Waals surface area contributed by atoms with Gasteiger partial charge in [0.1, 0.15) is 0 Å². The van der Waals surface area contributed by atoms with E-state index in [-0.39, 0.29) is 0 Å². The number of aryl methyl sites for hydroxylation is 2. The summed E-state index contributed by atoms with van der Waals surface area (Å²) in [6.45, 7) is 4.88. The second kappa shape index (κ2) is 5.44. The standard InChI is InChI=1S/C16H19N5/c1-12-16(13(2)20(3)19-12)17-11-14-5-7-15(8-6-14)21-10-4-9-18-21/h4-10,17H,11H2,1-3H3. The first-order valence-corrected chi connectivity index (χ1v) is 6.98. The summed E-state index contributed by atoms with van der Waals surface area (Å²) in [7, 11) is 1.96. The Labute approximate surface area is 124 Å². The molecule has 3 aromatic rings. The van der Waals surface area contributed by atoms with E-state index >= 15 is 0 Å². The van der Waals surface area contributed by atoms with E-state index in [9.17, 15) is 0 Å². The van der Waals surface area contributed by atoms with Crippen LogP contribution in [0.25, 0.3) is 5.69 Å². The summed E-state index contributed by atoms with van der Waals surface area (Å²) >= 11 is 0. The lowest BCUT2D eigenvalue weighted by atomic mass is 10.2. The van der Waals surface area contributed by atoms with E-state index in [0.29, 0.717) is 0 Å². The smallest absolute Gasteiger partial charge is 0.0827 e. The minimum atomic E-state index is 0.784. The summed E-state index contributed by atoms with van der Waals surface area (Å²) in [5.74, 6) is 0. The Hall–Kier alpha value is -2.56. The SMILES string of the molecule is Cc1nn(C)c(C)c1NCc1ccc(-n2cccn2)cc1. The molecule has 0 aliphatic carbocycles. The zero-order valence-corrected chi connectivity index (χ0v) is 12.5. The number of hydrogen-bond donors (Lipinski definition) is 1. The van der Waals surface area contributed by atoms with Crippen LogP contribution < -0.4 is 5.32 Å². The van der Waals surface area contributed by atoms with Crippen LogP contribution in [0.1, 0.15) is 17.0 Å². The average molecular weight is 281 g/mol. The van der Waals surface area contributed by atoms with Crippen LogP contribution in [0.5, 0.6) is 0 Å².